The Morgan fingerprint density at radius 3 is 2.52 bits per heavy atom. The second-order valence-electron chi connectivity index (χ2n) is 6.26. The fourth-order valence-corrected chi connectivity index (χ4v) is 2.88. The van der Waals surface area contributed by atoms with Crippen molar-refractivity contribution in [2.24, 2.45) is 0 Å². The molecule has 1 amide bonds. The Balaban J connectivity index is 1.50. The molecule has 0 spiro atoms. The number of H-pyrrole nitrogens is 1. The van der Waals surface area contributed by atoms with Gasteiger partial charge in [0.2, 0.25) is 5.91 Å². The van der Waals surface area contributed by atoms with Gasteiger partial charge in [-0.1, -0.05) is 12.1 Å². The van der Waals surface area contributed by atoms with E-state index < -0.39 is 16.2 Å². The summed E-state index contributed by atoms with van der Waals surface area (Å²) >= 11 is 0. The summed E-state index contributed by atoms with van der Waals surface area (Å²) in [4.78, 5) is 48.4. The number of nitrogens with zero attached hydrogens (tertiary/aromatic N) is 2. The molecule has 0 aliphatic carbocycles. The van der Waals surface area contributed by atoms with Crippen LogP contribution in [0.2, 0.25) is 0 Å². The van der Waals surface area contributed by atoms with Crippen molar-refractivity contribution in [1.29, 1.82) is 0 Å². The lowest BCUT2D eigenvalue weighted by molar-refractivity contribution is -0.384. The smallest absolute Gasteiger partial charge is 0.328 e. The van der Waals surface area contributed by atoms with Crippen molar-refractivity contribution in [2.75, 3.05) is 18.4 Å². The number of nitrogens with one attached hydrogen (secondary N) is 3. The molecule has 0 bridgehead atoms. The zero-order chi connectivity index (χ0) is 20.8. The zero-order valence-electron chi connectivity index (χ0n) is 15.4. The predicted molar refractivity (Wildman–Crippen MR) is 108 cm³/mol. The molecule has 3 N–H and O–H groups in total. The Bertz CT molecular complexity index is 1150. The first kappa shape index (κ1) is 19.8. The van der Waals surface area contributed by atoms with E-state index in [0.29, 0.717) is 29.7 Å². The average molecular weight is 397 g/mol. The molecule has 0 saturated carbocycles. The molecule has 29 heavy (non-hydrogen) atoms. The number of anilines is 1. The molecule has 3 rings (SSSR count). The van der Waals surface area contributed by atoms with Crippen LogP contribution in [0.3, 0.4) is 0 Å². The monoisotopic (exact) mass is 397 g/mol. The van der Waals surface area contributed by atoms with Gasteiger partial charge in [-0.15, -0.1) is 0 Å². The van der Waals surface area contributed by atoms with Gasteiger partial charge in [0.1, 0.15) is 0 Å². The third kappa shape index (κ3) is 4.86. The van der Waals surface area contributed by atoms with Gasteiger partial charge in [0.05, 0.1) is 15.8 Å². The summed E-state index contributed by atoms with van der Waals surface area (Å²) in [5.74, 6) is -0.238. The number of fused-ring (bicyclic) bond motifs is 1. The van der Waals surface area contributed by atoms with Crippen LogP contribution in [0.15, 0.2) is 58.1 Å². The first-order valence-electron chi connectivity index (χ1n) is 8.92. The van der Waals surface area contributed by atoms with Crippen LogP contribution >= 0.6 is 0 Å². The number of hydrogen-bond acceptors (Lipinski definition) is 6. The lowest BCUT2D eigenvalue weighted by Gasteiger charge is -2.10. The van der Waals surface area contributed by atoms with Gasteiger partial charge in [-0.3, -0.25) is 29.3 Å². The highest BCUT2D eigenvalue weighted by Gasteiger charge is 2.09. The van der Waals surface area contributed by atoms with Crippen molar-refractivity contribution in [3.8, 4) is 0 Å². The van der Waals surface area contributed by atoms with Crippen molar-refractivity contribution in [3.05, 3.63) is 79.5 Å². The molecule has 10 heteroatoms. The maximum atomic E-state index is 12.1. The number of aryl methyl sites for hydroxylation is 1. The summed E-state index contributed by atoms with van der Waals surface area (Å²) in [6.07, 6.45) is 0.0769. The Hall–Kier alpha value is -3.95. The summed E-state index contributed by atoms with van der Waals surface area (Å²) in [6.45, 7) is 0.917. The molecule has 1 heterocycles. The van der Waals surface area contributed by atoms with E-state index in [1.54, 1.807) is 36.4 Å². The predicted octanol–water partition coefficient (Wildman–Crippen LogP) is 1.22. The minimum absolute atomic E-state index is 0.00822. The fourth-order valence-electron chi connectivity index (χ4n) is 2.88. The Kier molecular flexibility index (Phi) is 6.03. The number of nitro benzene ring substituents is 1. The van der Waals surface area contributed by atoms with Crippen LogP contribution in [0.1, 0.15) is 6.42 Å². The highest BCUT2D eigenvalue weighted by molar-refractivity contribution is 5.78. The van der Waals surface area contributed by atoms with E-state index in [-0.39, 0.29) is 24.6 Å². The summed E-state index contributed by atoms with van der Waals surface area (Å²) in [5.41, 5.74) is 0.184. The second kappa shape index (κ2) is 8.83. The highest BCUT2D eigenvalue weighted by atomic mass is 16.6. The van der Waals surface area contributed by atoms with Crippen molar-refractivity contribution < 1.29 is 9.72 Å². The van der Waals surface area contributed by atoms with Crippen molar-refractivity contribution in [3.63, 3.8) is 0 Å². The van der Waals surface area contributed by atoms with E-state index >= 15 is 0 Å². The average Bonchev–Trinajstić information content (AvgIpc) is 2.71. The summed E-state index contributed by atoms with van der Waals surface area (Å²) in [5, 5.41) is 16.8. The van der Waals surface area contributed by atoms with Crippen molar-refractivity contribution in [1.82, 2.24) is 14.9 Å². The van der Waals surface area contributed by atoms with E-state index in [2.05, 4.69) is 15.6 Å². The van der Waals surface area contributed by atoms with E-state index in [1.807, 2.05) is 0 Å². The SMILES string of the molecule is O=C(CCn1c(=O)[nH]c(=O)c2ccccc21)NCCNc1ccc([N+](=O)[O-])cc1. The standard InChI is InChI=1S/C19H19N5O5/c25-17(21-11-10-20-13-5-7-14(8-6-13)24(28)29)9-12-23-16-4-2-1-3-15(16)18(26)22-19(23)27/h1-8,20H,9-12H2,(H,21,25)(H,22,26,27). The minimum atomic E-state index is -0.554. The molecule has 3 aromatic rings. The van der Waals surface area contributed by atoms with Gasteiger partial charge in [-0.2, -0.15) is 0 Å². The van der Waals surface area contributed by atoms with Crippen LogP contribution < -0.4 is 21.9 Å². The number of carbonyl (C=O) groups is 1. The fraction of sp³-hybridized carbons (Fsp3) is 0.211. The summed E-state index contributed by atoms with van der Waals surface area (Å²) < 4.78 is 1.37. The van der Waals surface area contributed by atoms with E-state index in [1.165, 1.54) is 16.7 Å². The van der Waals surface area contributed by atoms with Crippen LogP contribution in [-0.4, -0.2) is 33.5 Å². The lowest BCUT2D eigenvalue weighted by Crippen LogP contribution is -2.33. The topological polar surface area (TPSA) is 139 Å². The first-order chi connectivity index (χ1) is 14.0. The lowest BCUT2D eigenvalue weighted by atomic mass is 10.2. The third-order valence-electron chi connectivity index (χ3n) is 4.32. The molecule has 150 valence electrons. The van der Waals surface area contributed by atoms with E-state index in [9.17, 15) is 24.5 Å². The minimum Gasteiger partial charge on any atom is -0.383 e. The van der Waals surface area contributed by atoms with Crippen LogP contribution in [-0.2, 0) is 11.3 Å². The molecule has 1 aromatic heterocycles. The van der Waals surface area contributed by atoms with Crippen LogP contribution in [0, 0.1) is 10.1 Å². The number of para-hydroxylation sites is 1. The molecule has 0 radical (unpaired) electrons. The molecule has 0 saturated heterocycles. The molecule has 0 atom stereocenters. The maximum Gasteiger partial charge on any atom is 0.328 e. The van der Waals surface area contributed by atoms with Gasteiger partial charge in [-0.25, -0.2) is 4.79 Å². The number of nitro groups is 1. The molecule has 0 unspecified atom stereocenters. The molecular weight excluding hydrogens is 378 g/mol. The summed E-state index contributed by atoms with van der Waals surface area (Å²) in [7, 11) is 0. The molecule has 2 aromatic carbocycles. The van der Waals surface area contributed by atoms with E-state index in [0.717, 1.165) is 0 Å². The van der Waals surface area contributed by atoms with Crippen molar-refractivity contribution in [2.45, 2.75) is 13.0 Å². The third-order valence-corrected chi connectivity index (χ3v) is 4.32. The quantitative estimate of drug-likeness (QED) is 0.297. The van der Waals surface area contributed by atoms with E-state index in [4.69, 9.17) is 0 Å². The van der Waals surface area contributed by atoms with Crippen LogP contribution in [0.4, 0.5) is 11.4 Å². The van der Waals surface area contributed by atoms with Gasteiger partial charge in [-0.05, 0) is 24.3 Å². The van der Waals surface area contributed by atoms with Gasteiger partial charge in [0.25, 0.3) is 11.2 Å². The second-order valence-corrected chi connectivity index (χ2v) is 6.26. The molecule has 0 aliphatic rings. The molecule has 10 nitrogen and oxygen atoms in total. The molecular formula is C19H19N5O5. The van der Waals surface area contributed by atoms with Crippen LogP contribution in [0.25, 0.3) is 10.9 Å². The zero-order valence-corrected chi connectivity index (χ0v) is 15.4. The first-order valence-corrected chi connectivity index (χ1v) is 8.92. The van der Waals surface area contributed by atoms with Gasteiger partial charge >= 0.3 is 5.69 Å². The highest BCUT2D eigenvalue weighted by Crippen LogP contribution is 2.14. The van der Waals surface area contributed by atoms with Crippen molar-refractivity contribution >= 4 is 28.2 Å². The number of aromatic amines is 1. The number of hydrogen-bond donors (Lipinski definition) is 3. The largest absolute Gasteiger partial charge is 0.383 e. The van der Waals surface area contributed by atoms with Gasteiger partial charge in [0.15, 0.2) is 0 Å². The Morgan fingerprint density at radius 2 is 1.79 bits per heavy atom. The van der Waals surface area contributed by atoms with Crippen LogP contribution in [0.5, 0.6) is 0 Å². The normalized spacial score (nSPS) is 10.6. The number of amides is 1. The van der Waals surface area contributed by atoms with Gasteiger partial charge < -0.3 is 10.6 Å². The number of aromatic nitrogens is 2. The van der Waals surface area contributed by atoms with Gasteiger partial charge in [0, 0.05) is 43.9 Å². The Labute approximate surface area is 164 Å². The number of benzene rings is 2. The number of rotatable bonds is 8. The molecule has 0 fully saturated rings. The number of non-ortho nitro benzene ring substituents is 1. The maximum absolute atomic E-state index is 12.1. The molecule has 0 aliphatic heterocycles. The Morgan fingerprint density at radius 1 is 1.07 bits per heavy atom. The number of carbonyl (C=O) groups excluding carboxylic acids is 1. The summed E-state index contributed by atoms with van der Waals surface area (Å²) in [6, 6.07) is 12.7.